The SMILES string of the molecule is C[C@H]1N[C@H](C)[C@@H](O)[C@H](O)[C@H]1O. The van der Waals surface area contributed by atoms with Gasteiger partial charge in [-0.15, -0.1) is 0 Å². The lowest BCUT2D eigenvalue weighted by Crippen LogP contribution is -2.62. The van der Waals surface area contributed by atoms with E-state index in [0.717, 1.165) is 0 Å². The summed E-state index contributed by atoms with van der Waals surface area (Å²) in [5.41, 5.74) is 0. The van der Waals surface area contributed by atoms with Crippen molar-refractivity contribution in [2.75, 3.05) is 0 Å². The molecule has 0 spiro atoms. The predicted octanol–water partition coefficient (Wildman–Crippen LogP) is -1.55. The Morgan fingerprint density at radius 1 is 0.818 bits per heavy atom. The van der Waals surface area contributed by atoms with E-state index in [4.69, 9.17) is 0 Å². The van der Waals surface area contributed by atoms with Gasteiger partial charge < -0.3 is 20.6 Å². The molecule has 1 rings (SSSR count). The van der Waals surface area contributed by atoms with E-state index in [2.05, 4.69) is 5.32 Å². The third-order valence-electron chi connectivity index (χ3n) is 2.25. The fourth-order valence-corrected chi connectivity index (χ4v) is 1.41. The van der Waals surface area contributed by atoms with E-state index in [1.807, 2.05) is 0 Å². The number of aliphatic hydroxyl groups excluding tert-OH is 3. The molecule has 11 heavy (non-hydrogen) atoms. The summed E-state index contributed by atoms with van der Waals surface area (Å²) in [4.78, 5) is 0. The first-order chi connectivity index (χ1) is 5.04. The number of hydrogen-bond donors (Lipinski definition) is 4. The van der Waals surface area contributed by atoms with Crippen LogP contribution < -0.4 is 5.32 Å². The van der Waals surface area contributed by atoms with Gasteiger partial charge in [-0.25, -0.2) is 0 Å². The molecule has 0 unspecified atom stereocenters. The quantitative estimate of drug-likeness (QED) is 0.347. The zero-order valence-corrected chi connectivity index (χ0v) is 6.73. The minimum absolute atomic E-state index is 0.164. The summed E-state index contributed by atoms with van der Waals surface area (Å²) >= 11 is 0. The normalized spacial score (nSPS) is 52.6. The summed E-state index contributed by atoms with van der Waals surface area (Å²) in [6.45, 7) is 3.55. The Balaban J connectivity index is 2.63. The summed E-state index contributed by atoms with van der Waals surface area (Å²) in [7, 11) is 0. The standard InChI is InChI=1S/C7H15NO3/c1-3-5(9)7(11)6(10)4(2)8-3/h3-11H,1-2H3/t3-,4-,5-,6+,7+/m1/s1. The fraction of sp³-hybridized carbons (Fsp3) is 1.00. The van der Waals surface area contributed by atoms with Crippen LogP contribution >= 0.6 is 0 Å². The van der Waals surface area contributed by atoms with Gasteiger partial charge in [0.25, 0.3) is 0 Å². The molecule has 0 aromatic rings. The van der Waals surface area contributed by atoms with Gasteiger partial charge >= 0.3 is 0 Å². The van der Waals surface area contributed by atoms with E-state index < -0.39 is 18.3 Å². The lowest BCUT2D eigenvalue weighted by Gasteiger charge is -2.38. The molecule has 4 nitrogen and oxygen atoms in total. The van der Waals surface area contributed by atoms with E-state index in [1.165, 1.54) is 0 Å². The molecule has 66 valence electrons. The van der Waals surface area contributed by atoms with Crippen LogP contribution in [0, 0.1) is 0 Å². The summed E-state index contributed by atoms with van der Waals surface area (Å²) < 4.78 is 0. The lowest BCUT2D eigenvalue weighted by atomic mass is 9.92. The second-order valence-electron chi connectivity index (χ2n) is 3.22. The highest BCUT2D eigenvalue weighted by Gasteiger charge is 2.37. The van der Waals surface area contributed by atoms with Gasteiger partial charge in [-0.2, -0.15) is 0 Å². The van der Waals surface area contributed by atoms with Crippen molar-refractivity contribution >= 4 is 0 Å². The highest BCUT2D eigenvalue weighted by molar-refractivity contribution is 4.94. The van der Waals surface area contributed by atoms with Gasteiger partial charge in [0.05, 0.1) is 12.2 Å². The molecule has 0 saturated carbocycles. The van der Waals surface area contributed by atoms with E-state index in [-0.39, 0.29) is 12.1 Å². The van der Waals surface area contributed by atoms with Crippen molar-refractivity contribution in [3.8, 4) is 0 Å². The monoisotopic (exact) mass is 161 g/mol. The van der Waals surface area contributed by atoms with Gasteiger partial charge in [-0.3, -0.25) is 0 Å². The Hall–Kier alpha value is -0.160. The molecule has 0 amide bonds. The molecular formula is C7H15NO3. The molecule has 1 aliphatic heterocycles. The van der Waals surface area contributed by atoms with Gasteiger partial charge in [0, 0.05) is 12.1 Å². The van der Waals surface area contributed by atoms with Gasteiger partial charge in [0.1, 0.15) is 6.10 Å². The third kappa shape index (κ3) is 1.54. The first kappa shape index (κ1) is 8.93. The number of hydrogen-bond acceptors (Lipinski definition) is 4. The van der Waals surface area contributed by atoms with Crippen molar-refractivity contribution in [1.29, 1.82) is 0 Å². The molecule has 4 N–H and O–H groups in total. The van der Waals surface area contributed by atoms with Gasteiger partial charge in [-0.05, 0) is 13.8 Å². The van der Waals surface area contributed by atoms with E-state index in [0.29, 0.717) is 0 Å². The Labute approximate surface area is 65.9 Å². The molecule has 0 aliphatic carbocycles. The largest absolute Gasteiger partial charge is 0.389 e. The first-order valence-electron chi connectivity index (χ1n) is 3.84. The minimum Gasteiger partial charge on any atom is -0.389 e. The van der Waals surface area contributed by atoms with Gasteiger partial charge in [0.15, 0.2) is 0 Å². The second kappa shape index (κ2) is 3.06. The maximum atomic E-state index is 9.26. The van der Waals surface area contributed by atoms with Crippen LogP contribution in [0.3, 0.4) is 0 Å². The summed E-state index contributed by atoms with van der Waals surface area (Å²) in [5, 5.41) is 30.7. The lowest BCUT2D eigenvalue weighted by molar-refractivity contribution is -0.107. The average Bonchev–Trinajstić information content (AvgIpc) is 1.97. The van der Waals surface area contributed by atoms with Crippen LogP contribution in [0.1, 0.15) is 13.8 Å². The molecule has 1 aliphatic rings. The first-order valence-corrected chi connectivity index (χ1v) is 3.84. The fourth-order valence-electron chi connectivity index (χ4n) is 1.41. The van der Waals surface area contributed by atoms with Crippen LogP contribution in [0.5, 0.6) is 0 Å². The molecular weight excluding hydrogens is 146 g/mol. The highest BCUT2D eigenvalue weighted by atomic mass is 16.4. The summed E-state index contributed by atoms with van der Waals surface area (Å²) in [5.74, 6) is 0. The smallest absolute Gasteiger partial charge is 0.109 e. The van der Waals surface area contributed by atoms with Crippen LogP contribution in [-0.2, 0) is 0 Å². The number of aliphatic hydroxyl groups is 3. The molecule has 1 heterocycles. The number of nitrogens with one attached hydrogen (secondary N) is 1. The Kier molecular flexibility index (Phi) is 2.49. The predicted molar refractivity (Wildman–Crippen MR) is 40.1 cm³/mol. The van der Waals surface area contributed by atoms with Gasteiger partial charge in [0.2, 0.25) is 0 Å². The van der Waals surface area contributed by atoms with Crippen molar-refractivity contribution < 1.29 is 15.3 Å². The molecule has 0 radical (unpaired) electrons. The van der Waals surface area contributed by atoms with Crippen LogP contribution in [-0.4, -0.2) is 45.7 Å². The maximum absolute atomic E-state index is 9.26. The van der Waals surface area contributed by atoms with E-state index in [9.17, 15) is 15.3 Å². The zero-order chi connectivity index (χ0) is 8.59. The molecule has 1 fully saturated rings. The average molecular weight is 161 g/mol. The second-order valence-corrected chi connectivity index (χ2v) is 3.22. The molecule has 0 aromatic carbocycles. The Morgan fingerprint density at radius 2 is 1.18 bits per heavy atom. The number of rotatable bonds is 0. The summed E-state index contributed by atoms with van der Waals surface area (Å²) in [6.07, 6.45) is -2.77. The zero-order valence-electron chi connectivity index (χ0n) is 6.73. The van der Waals surface area contributed by atoms with Crippen LogP contribution in [0.25, 0.3) is 0 Å². The van der Waals surface area contributed by atoms with Crippen molar-refractivity contribution in [3.05, 3.63) is 0 Å². The molecule has 1 saturated heterocycles. The summed E-state index contributed by atoms with van der Waals surface area (Å²) in [6, 6.07) is -0.327. The maximum Gasteiger partial charge on any atom is 0.109 e. The molecule has 0 bridgehead atoms. The van der Waals surface area contributed by atoms with Crippen molar-refractivity contribution in [1.82, 2.24) is 5.32 Å². The number of piperidine rings is 1. The topological polar surface area (TPSA) is 72.7 Å². The van der Waals surface area contributed by atoms with Crippen molar-refractivity contribution in [2.45, 2.75) is 44.2 Å². The molecule has 5 atom stereocenters. The Morgan fingerprint density at radius 3 is 1.55 bits per heavy atom. The third-order valence-corrected chi connectivity index (χ3v) is 2.25. The van der Waals surface area contributed by atoms with Crippen molar-refractivity contribution in [2.24, 2.45) is 0 Å². The Bertz CT molecular complexity index is 128. The minimum atomic E-state index is -1.03. The van der Waals surface area contributed by atoms with Crippen LogP contribution in [0.2, 0.25) is 0 Å². The van der Waals surface area contributed by atoms with Crippen LogP contribution in [0.15, 0.2) is 0 Å². The van der Waals surface area contributed by atoms with E-state index >= 15 is 0 Å². The van der Waals surface area contributed by atoms with Crippen molar-refractivity contribution in [3.63, 3.8) is 0 Å². The van der Waals surface area contributed by atoms with Crippen LogP contribution in [0.4, 0.5) is 0 Å². The van der Waals surface area contributed by atoms with E-state index in [1.54, 1.807) is 13.8 Å². The molecule has 4 heteroatoms. The highest BCUT2D eigenvalue weighted by Crippen LogP contribution is 2.14. The van der Waals surface area contributed by atoms with Gasteiger partial charge in [-0.1, -0.05) is 0 Å². The molecule has 0 aromatic heterocycles.